The number of fused-ring (bicyclic) bond motifs is 1. The molecular formula is C14H13OSi. The number of hydrogen-bond acceptors (Lipinski definition) is 1. The van der Waals surface area contributed by atoms with Crippen molar-refractivity contribution in [1.82, 2.24) is 0 Å². The van der Waals surface area contributed by atoms with Crippen LogP contribution in [0.3, 0.4) is 0 Å². The summed E-state index contributed by atoms with van der Waals surface area (Å²) < 4.78 is 5.39. The Morgan fingerprint density at radius 3 is 2.56 bits per heavy atom. The van der Waals surface area contributed by atoms with Gasteiger partial charge in [0.2, 0.25) is 0 Å². The fourth-order valence-electron chi connectivity index (χ4n) is 1.66. The first-order chi connectivity index (χ1) is 7.70. The lowest BCUT2D eigenvalue weighted by Crippen LogP contribution is -1.94. The van der Waals surface area contributed by atoms with Gasteiger partial charge in [-0.2, -0.15) is 0 Å². The summed E-state index contributed by atoms with van der Waals surface area (Å²) in [6.07, 6.45) is 0.509. The van der Waals surface area contributed by atoms with Crippen LogP contribution < -0.4 is 4.74 Å². The Balaban J connectivity index is 2.48. The average Bonchev–Trinajstić information content (AvgIpc) is 2.28. The highest BCUT2D eigenvalue weighted by Crippen LogP contribution is 2.24. The van der Waals surface area contributed by atoms with Gasteiger partial charge in [0.25, 0.3) is 0 Å². The standard InChI is InChI=1S/C14H13OSi/c1-10(2)11-3-4-13-8-14(15-9-16)6-5-12(13)7-11/h3-8H,1,9H2,2H3. The van der Waals surface area contributed by atoms with E-state index >= 15 is 0 Å². The fraction of sp³-hybridized carbons (Fsp3) is 0.143. The Kier molecular flexibility index (Phi) is 3.11. The minimum Gasteiger partial charge on any atom is -0.498 e. The first kappa shape index (κ1) is 11.0. The molecular weight excluding hydrogens is 212 g/mol. The molecule has 0 aromatic heterocycles. The van der Waals surface area contributed by atoms with Crippen LogP contribution in [-0.4, -0.2) is 16.5 Å². The second-order valence-corrected chi connectivity index (χ2v) is 4.08. The van der Waals surface area contributed by atoms with Crippen LogP contribution in [0.4, 0.5) is 0 Å². The smallest absolute Gasteiger partial charge is 0.119 e. The summed E-state index contributed by atoms with van der Waals surface area (Å²) in [4.78, 5) is 0. The summed E-state index contributed by atoms with van der Waals surface area (Å²) in [5.41, 5.74) is 2.27. The molecule has 0 unspecified atom stereocenters. The van der Waals surface area contributed by atoms with Gasteiger partial charge in [-0.1, -0.05) is 30.4 Å². The number of ether oxygens (including phenoxy) is 1. The molecule has 2 heteroatoms. The SMILES string of the molecule is C=C(C)c1ccc2cc(OC[Si])ccc2c1. The van der Waals surface area contributed by atoms with Gasteiger partial charge in [-0.15, -0.1) is 0 Å². The van der Waals surface area contributed by atoms with Gasteiger partial charge in [-0.25, -0.2) is 0 Å². The lowest BCUT2D eigenvalue weighted by Gasteiger charge is -2.06. The summed E-state index contributed by atoms with van der Waals surface area (Å²) in [7, 11) is 3.29. The zero-order valence-corrected chi connectivity index (χ0v) is 10.3. The molecule has 0 aliphatic heterocycles. The van der Waals surface area contributed by atoms with Crippen molar-refractivity contribution >= 4 is 26.6 Å². The lowest BCUT2D eigenvalue weighted by molar-refractivity contribution is 0.388. The second-order valence-electron chi connectivity index (χ2n) is 3.79. The Morgan fingerprint density at radius 1 is 1.19 bits per heavy atom. The van der Waals surface area contributed by atoms with Crippen molar-refractivity contribution in [3.05, 3.63) is 48.5 Å². The van der Waals surface area contributed by atoms with Crippen molar-refractivity contribution < 1.29 is 4.74 Å². The van der Waals surface area contributed by atoms with Crippen molar-refractivity contribution in [2.75, 3.05) is 6.23 Å². The maximum atomic E-state index is 5.39. The summed E-state index contributed by atoms with van der Waals surface area (Å²) in [6.45, 7) is 5.97. The van der Waals surface area contributed by atoms with E-state index in [0.717, 1.165) is 11.3 Å². The molecule has 79 valence electrons. The van der Waals surface area contributed by atoms with E-state index in [1.54, 1.807) is 0 Å². The quantitative estimate of drug-likeness (QED) is 0.728. The largest absolute Gasteiger partial charge is 0.498 e. The van der Waals surface area contributed by atoms with Crippen molar-refractivity contribution in [3.8, 4) is 5.75 Å². The van der Waals surface area contributed by atoms with Gasteiger partial charge in [0.05, 0.1) is 16.5 Å². The van der Waals surface area contributed by atoms with E-state index in [2.05, 4.69) is 41.1 Å². The van der Waals surface area contributed by atoms with Crippen LogP contribution >= 0.6 is 0 Å². The number of rotatable bonds is 3. The monoisotopic (exact) mass is 225 g/mol. The predicted octanol–water partition coefficient (Wildman–Crippen LogP) is 3.38. The van der Waals surface area contributed by atoms with Gasteiger partial charge in [0.15, 0.2) is 0 Å². The minimum absolute atomic E-state index is 0.509. The third-order valence-corrected chi connectivity index (χ3v) is 2.69. The Labute approximate surface area is 99.2 Å². The molecule has 0 spiro atoms. The fourth-order valence-corrected chi connectivity index (χ4v) is 1.83. The van der Waals surface area contributed by atoms with Crippen LogP contribution in [0.2, 0.25) is 0 Å². The molecule has 0 atom stereocenters. The highest BCUT2D eigenvalue weighted by molar-refractivity contribution is 6.08. The van der Waals surface area contributed by atoms with Crippen LogP contribution in [0.25, 0.3) is 16.3 Å². The van der Waals surface area contributed by atoms with Gasteiger partial charge in [-0.3, -0.25) is 0 Å². The third kappa shape index (κ3) is 2.17. The van der Waals surface area contributed by atoms with Crippen LogP contribution in [-0.2, 0) is 0 Å². The summed E-state index contributed by atoms with van der Waals surface area (Å²) in [5, 5.41) is 2.39. The molecule has 3 radical (unpaired) electrons. The van der Waals surface area contributed by atoms with Crippen molar-refractivity contribution in [2.45, 2.75) is 6.92 Å². The molecule has 16 heavy (non-hydrogen) atoms. The zero-order chi connectivity index (χ0) is 11.5. The summed E-state index contributed by atoms with van der Waals surface area (Å²) in [6, 6.07) is 12.4. The van der Waals surface area contributed by atoms with Gasteiger partial charge in [-0.05, 0) is 41.5 Å². The van der Waals surface area contributed by atoms with E-state index in [0.29, 0.717) is 6.23 Å². The average molecular weight is 225 g/mol. The zero-order valence-electron chi connectivity index (χ0n) is 9.29. The lowest BCUT2D eigenvalue weighted by atomic mass is 10.0. The number of benzene rings is 2. The van der Waals surface area contributed by atoms with Crippen LogP contribution in [0, 0.1) is 0 Å². The molecule has 0 fully saturated rings. The van der Waals surface area contributed by atoms with E-state index in [1.165, 1.54) is 16.3 Å². The maximum absolute atomic E-state index is 5.39. The molecule has 2 rings (SSSR count). The molecule has 0 amide bonds. The molecule has 1 nitrogen and oxygen atoms in total. The van der Waals surface area contributed by atoms with Crippen molar-refractivity contribution in [3.63, 3.8) is 0 Å². The molecule has 0 saturated carbocycles. The van der Waals surface area contributed by atoms with Gasteiger partial charge < -0.3 is 4.74 Å². The predicted molar refractivity (Wildman–Crippen MR) is 69.9 cm³/mol. The van der Waals surface area contributed by atoms with E-state index < -0.39 is 0 Å². The molecule has 0 bridgehead atoms. The Hall–Kier alpha value is -1.54. The summed E-state index contributed by atoms with van der Waals surface area (Å²) in [5.74, 6) is 0.880. The second kappa shape index (κ2) is 4.54. The van der Waals surface area contributed by atoms with Crippen LogP contribution in [0.5, 0.6) is 5.75 Å². The highest BCUT2D eigenvalue weighted by Gasteiger charge is 1.99. The minimum atomic E-state index is 0.509. The molecule has 0 N–H and O–H groups in total. The maximum Gasteiger partial charge on any atom is 0.119 e. The van der Waals surface area contributed by atoms with Gasteiger partial charge in [0.1, 0.15) is 5.75 Å². The van der Waals surface area contributed by atoms with E-state index in [9.17, 15) is 0 Å². The van der Waals surface area contributed by atoms with Crippen molar-refractivity contribution in [1.29, 1.82) is 0 Å². The van der Waals surface area contributed by atoms with Gasteiger partial charge >= 0.3 is 0 Å². The topological polar surface area (TPSA) is 9.23 Å². The first-order valence-electron chi connectivity index (χ1n) is 5.18. The number of allylic oxidation sites excluding steroid dienone is 1. The van der Waals surface area contributed by atoms with E-state index in [4.69, 9.17) is 4.74 Å². The Morgan fingerprint density at radius 2 is 1.88 bits per heavy atom. The van der Waals surface area contributed by atoms with E-state index in [1.807, 2.05) is 19.1 Å². The third-order valence-electron chi connectivity index (χ3n) is 2.54. The molecule has 0 heterocycles. The molecule has 2 aromatic carbocycles. The molecule has 0 aliphatic carbocycles. The van der Waals surface area contributed by atoms with Gasteiger partial charge in [0, 0.05) is 0 Å². The highest BCUT2D eigenvalue weighted by atomic mass is 28.1. The van der Waals surface area contributed by atoms with Crippen LogP contribution in [0.1, 0.15) is 12.5 Å². The molecule has 0 aliphatic rings. The van der Waals surface area contributed by atoms with E-state index in [-0.39, 0.29) is 0 Å². The Bertz CT molecular complexity index is 531. The normalized spacial score (nSPS) is 10.4. The van der Waals surface area contributed by atoms with Crippen LogP contribution in [0.15, 0.2) is 43.0 Å². The molecule has 2 aromatic rings. The molecule has 0 saturated heterocycles. The first-order valence-corrected chi connectivity index (χ1v) is 5.88. The summed E-state index contributed by atoms with van der Waals surface area (Å²) >= 11 is 0. The van der Waals surface area contributed by atoms with Crippen molar-refractivity contribution in [2.24, 2.45) is 0 Å². The number of hydrogen-bond donors (Lipinski definition) is 0.